The van der Waals surface area contributed by atoms with Gasteiger partial charge in [-0.15, -0.1) is 0 Å². The molecule has 1 saturated carbocycles. The molecule has 1 aromatic heterocycles. The van der Waals surface area contributed by atoms with E-state index in [0.717, 1.165) is 37.1 Å². The summed E-state index contributed by atoms with van der Waals surface area (Å²) in [7, 11) is 0. The van der Waals surface area contributed by atoms with Gasteiger partial charge in [0.2, 0.25) is 5.91 Å². The zero-order valence-corrected chi connectivity index (χ0v) is 15.3. The molecule has 1 aliphatic rings. The molecule has 0 bridgehead atoms. The van der Waals surface area contributed by atoms with Gasteiger partial charge in [-0.2, -0.15) is 0 Å². The van der Waals surface area contributed by atoms with Crippen molar-refractivity contribution in [3.05, 3.63) is 17.5 Å². The molecule has 2 N–H and O–H groups in total. The predicted molar refractivity (Wildman–Crippen MR) is 96.9 cm³/mol. The summed E-state index contributed by atoms with van der Waals surface area (Å²) in [6.07, 6.45) is 15.1. The summed E-state index contributed by atoms with van der Waals surface area (Å²) in [6.45, 7) is 2.20. The molecular weight excluding hydrogens is 300 g/mol. The number of nitrogens with zero attached hydrogens (tertiary/aromatic N) is 1. The number of unbranched alkanes of at least 4 members (excludes halogenated alkanes) is 1. The number of nitrogens with two attached hydrogens (primary N) is 1. The fourth-order valence-electron chi connectivity index (χ4n) is 3.86. The molecule has 2 rings (SSSR count). The third-order valence-electron chi connectivity index (χ3n) is 5.44. The maximum atomic E-state index is 10.8. The standard InChI is InChI=1S/C20H34N2O2/c1-2-16(11-9-10-14-20(21)23)18-15-19(24-22-18)17-12-7-5-3-4-6-8-13-17/h15-17H,2-14H2,1H3,(H2,21,23). The smallest absolute Gasteiger partial charge is 0.217 e. The highest BCUT2D eigenvalue weighted by molar-refractivity contribution is 5.73. The van der Waals surface area contributed by atoms with Crippen LogP contribution in [0.2, 0.25) is 0 Å². The van der Waals surface area contributed by atoms with E-state index in [4.69, 9.17) is 10.3 Å². The minimum atomic E-state index is -0.202. The molecule has 4 heteroatoms. The second kappa shape index (κ2) is 10.5. The van der Waals surface area contributed by atoms with Gasteiger partial charge < -0.3 is 10.3 Å². The average molecular weight is 335 g/mol. The predicted octanol–water partition coefficient (Wildman–Crippen LogP) is 5.43. The highest BCUT2D eigenvalue weighted by Crippen LogP contribution is 2.33. The number of aromatic nitrogens is 1. The Bertz CT molecular complexity index is 474. The van der Waals surface area contributed by atoms with Gasteiger partial charge in [-0.25, -0.2) is 0 Å². The van der Waals surface area contributed by atoms with Gasteiger partial charge in [0, 0.05) is 24.3 Å². The second-order valence-electron chi connectivity index (χ2n) is 7.37. The van der Waals surface area contributed by atoms with Crippen LogP contribution in [0.15, 0.2) is 10.6 Å². The molecule has 1 atom stereocenters. The molecule has 4 nitrogen and oxygen atoms in total. The Morgan fingerprint density at radius 1 is 1.21 bits per heavy atom. The van der Waals surface area contributed by atoms with E-state index in [1.54, 1.807) is 0 Å². The minimum absolute atomic E-state index is 0.202. The third kappa shape index (κ3) is 6.29. The van der Waals surface area contributed by atoms with Crippen molar-refractivity contribution < 1.29 is 9.32 Å². The number of rotatable bonds is 8. The number of carbonyl (C=O) groups is 1. The zero-order valence-electron chi connectivity index (χ0n) is 15.3. The third-order valence-corrected chi connectivity index (χ3v) is 5.44. The van der Waals surface area contributed by atoms with Gasteiger partial charge in [0.25, 0.3) is 0 Å². The van der Waals surface area contributed by atoms with Crippen LogP contribution in [0.4, 0.5) is 0 Å². The van der Waals surface area contributed by atoms with Crippen LogP contribution in [0.25, 0.3) is 0 Å². The summed E-state index contributed by atoms with van der Waals surface area (Å²) >= 11 is 0. The fourth-order valence-corrected chi connectivity index (χ4v) is 3.86. The molecular formula is C20H34N2O2. The van der Waals surface area contributed by atoms with Gasteiger partial charge in [0.1, 0.15) is 5.76 Å². The first kappa shape index (κ1) is 19.0. The average Bonchev–Trinajstić information content (AvgIpc) is 3.08. The quantitative estimate of drug-likeness (QED) is 0.644. The Morgan fingerprint density at radius 3 is 2.50 bits per heavy atom. The van der Waals surface area contributed by atoms with E-state index in [-0.39, 0.29) is 5.91 Å². The van der Waals surface area contributed by atoms with E-state index in [1.165, 1.54) is 51.4 Å². The van der Waals surface area contributed by atoms with Gasteiger partial charge in [-0.3, -0.25) is 4.79 Å². The highest BCUT2D eigenvalue weighted by Gasteiger charge is 2.20. The first-order valence-electron chi connectivity index (χ1n) is 9.95. The van der Waals surface area contributed by atoms with Crippen molar-refractivity contribution in [3.63, 3.8) is 0 Å². The van der Waals surface area contributed by atoms with Crippen molar-refractivity contribution in [2.45, 2.75) is 102 Å². The van der Waals surface area contributed by atoms with E-state index < -0.39 is 0 Å². The van der Waals surface area contributed by atoms with Crippen LogP contribution in [0.3, 0.4) is 0 Å². The number of hydrogen-bond acceptors (Lipinski definition) is 3. The Balaban J connectivity index is 1.89. The fraction of sp³-hybridized carbons (Fsp3) is 0.800. The van der Waals surface area contributed by atoms with Gasteiger partial charge in [-0.1, -0.05) is 57.0 Å². The Hall–Kier alpha value is -1.32. The summed E-state index contributed by atoms with van der Waals surface area (Å²) in [5.41, 5.74) is 6.31. The van der Waals surface area contributed by atoms with Crippen molar-refractivity contribution in [2.24, 2.45) is 5.73 Å². The normalized spacial score (nSPS) is 18.5. The van der Waals surface area contributed by atoms with E-state index in [2.05, 4.69) is 18.1 Å². The lowest BCUT2D eigenvalue weighted by Gasteiger charge is -2.12. The molecule has 136 valence electrons. The lowest BCUT2D eigenvalue weighted by Crippen LogP contribution is -2.09. The number of primary amides is 1. The van der Waals surface area contributed by atoms with Crippen LogP contribution in [0, 0.1) is 0 Å². The molecule has 24 heavy (non-hydrogen) atoms. The number of carbonyl (C=O) groups excluding carboxylic acids is 1. The molecule has 0 aromatic carbocycles. The SMILES string of the molecule is CCC(CCCCC(N)=O)c1cc(C2CCCCCCCC2)on1. The van der Waals surface area contributed by atoms with Crippen molar-refractivity contribution >= 4 is 5.91 Å². The van der Waals surface area contributed by atoms with Gasteiger partial charge >= 0.3 is 0 Å². The summed E-state index contributed by atoms with van der Waals surface area (Å²) < 4.78 is 5.74. The second-order valence-corrected chi connectivity index (χ2v) is 7.37. The van der Waals surface area contributed by atoms with Gasteiger partial charge in [0.05, 0.1) is 5.69 Å². The molecule has 1 aromatic rings. The molecule has 0 saturated heterocycles. The van der Waals surface area contributed by atoms with Crippen LogP contribution in [0.5, 0.6) is 0 Å². The summed E-state index contributed by atoms with van der Waals surface area (Å²) in [4.78, 5) is 10.8. The van der Waals surface area contributed by atoms with Crippen molar-refractivity contribution in [3.8, 4) is 0 Å². The van der Waals surface area contributed by atoms with Crippen molar-refractivity contribution in [2.75, 3.05) is 0 Å². The summed E-state index contributed by atoms with van der Waals surface area (Å²) in [6, 6.07) is 2.21. The number of hydrogen-bond donors (Lipinski definition) is 1. The van der Waals surface area contributed by atoms with Crippen molar-refractivity contribution in [1.29, 1.82) is 0 Å². The largest absolute Gasteiger partial charge is 0.370 e. The Labute approximate surface area is 146 Å². The molecule has 1 unspecified atom stereocenters. The lowest BCUT2D eigenvalue weighted by atomic mass is 9.91. The van der Waals surface area contributed by atoms with Crippen LogP contribution in [-0.2, 0) is 4.79 Å². The van der Waals surface area contributed by atoms with Crippen LogP contribution >= 0.6 is 0 Å². The van der Waals surface area contributed by atoms with E-state index in [1.807, 2.05) is 0 Å². The number of amides is 1. The Kier molecular flexibility index (Phi) is 8.34. The highest BCUT2D eigenvalue weighted by atomic mass is 16.5. The molecule has 0 spiro atoms. The van der Waals surface area contributed by atoms with Crippen LogP contribution in [0.1, 0.15) is 114 Å². The molecule has 1 aliphatic carbocycles. The van der Waals surface area contributed by atoms with E-state index >= 15 is 0 Å². The van der Waals surface area contributed by atoms with E-state index in [0.29, 0.717) is 18.3 Å². The summed E-state index contributed by atoms with van der Waals surface area (Å²) in [5.74, 6) is 1.89. The molecule has 0 aliphatic heterocycles. The monoisotopic (exact) mass is 334 g/mol. The first-order chi connectivity index (χ1) is 11.7. The molecule has 0 radical (unpaired) electrons. The van der Waals surface area contributed by atoms with Crippen molar-refractivity contribution in [1.82, 2.24) is 5.16 Å². The first-order valence-corrected chi connectivity index (χ1v) is 9.95. The van der Waals surface area contributed by atoms with Crippen LogP contribution in [-0.4, -0.2) is 11.1 Å². The topological polar surface area (TPSA) is 69.1 Å². The van der Waals surface area contributed by atoms with Gasteiger partial charge in [0.15, 0.2) is 0 Å². The zero-order chi connectivity index (χ0) is 17.2. The molecule has 1 amide bonds. The molecule has 1 fully saturated rings. The van der Waals surface area contributed by atoms with Gasteiger partial charge in [-0.05, 0) is 32.1 Å². The molecule has 1 heterocycles. The van der Waals surface area contributed by atoms with E-state index in [9.17, 15) is 4.79 Å². The maximum absolute atomic E-state index is 10.8. The Morgan fingerprint density at radius 2 is 1.88 bits per heavy atom. The summed E-state index contributed by atoms with van der Waals surface area (Å²) in [5, 5.41) is 4.39. The maximum Gasteiger partial charge on any atom is 0.217 e. The van der Waals surface area contributed by atoms with Crippen LogP contribution < -0.4 is 5.73 Å². The lowest BCUT2D eigenvalue weighted by molar-refractivity contribution is -0.118. The minimum Gasteiger partial charge on any atom is -0.370 e.